The van der Waals surface area contributed by atoms with Crippen molar-refractivity contribution in [3.05, 3.63) is 23.3 Å². The van der Waals surface area contributed by atoms with Gasteiger partial charge >= 0.3 is 5.97 Å². The second kappa shape index (κ2) is 6.35. The molecule has 1 aliphatic rings. The van der Waals surface area contributed by atoms with E-state index < -0.39 is 11.4 Å². The number of aliphatic carboxylic acids is 1. The molecule has 21 heavy (non-hydrogen) atoms. The third-order valence-electron chi connectivity index (χ3n) is 4.31. The predicted octanol–water partition coefficient (Wildman–Crippen LogP) is 2.75. The van der Waals surface area contributed by atoms with Gasteiger partial charge in [-0.3, -0.25) is 4.79 Å². The van der Waals surface area contributed by atoms with E-state index in [0.29, 0.717) is 30.9 Å². The lowest BCUT2D eigenvalue weighted by Crippen LogP contribution is -2.33. The molecule has 5 nitrogen and oxygen atoms in total. The molecule has 0 heterocycles. The molecular formula is C16H22O5. The number of benzene rings is 1. The summed E-state index contributed by atoms with van der Waals surface area (Å²) in [6, 6.07) is 3.62. The van der Waals surface area contributed by atoms with Crippen LogP contribution in [0.1, 0.15) is 36.8 Å². The largest absolute Gasteiger partial charge is 0.496 e. The van der Waals surface area contributed by atoms with Gasteiger partial charge in [-0.1, -0.05) is 18.9 Å². The van der Waals surface area contributed by atoms with Crippen LogP contribution in [0.2, 0.25) is 0 Å². The zero-order chi connectivity index (χ0) is 15.5. The predicted molar refractivity (Wildman–Crippen MR) is 78.0 cm³/mol. The molecule has 1 N–H and O–H groups in total. The molecule has 1 saturated carbocycles. The van der Waals surface area contributed by atoms with Crippen molar-refractivity contribution < 1.29 is 24.1 Å². The molecule has 0 bridgehead atoms. The highest BCUT2D eigenvalue weighted by atomic mass is 16.5. The standard InChI is InChI=1S/C16H22O5/c1-19-10-11-13(20-2)7-6-12(14(11)21-3)16(15(17)18)8-4-5-9-16/h6-7H,4-5,8-10H2,1-3H3,(H,17,18). The van der Waals surface area contributed by atoms with E-state index in [1.807, 2.05) is 6.07 Å². The quantitative estimate of drug-likeness (QED) is 0.874. The van der Waals surface area contributed by atoms with E-state index in [-0.39, 0.29) is 0 Å². The van der Waals surface area contributed by atoms with Gasteiger partial charge in [0.2, 0.25) is 0 Å². The van der Waals surface area contributed by atoms with E-state index in [9.17, 15) is 9.90 Å². The third kappa shape index (κ3) is 2.58. The molecule has 0 saturated heterocycles. The molecule has 1 aromatic rings. The van der Waals surface area contributed by atoms with Gasteiger partial charge in [0.1, 0.15) is 11.5 Å². The Balaban J connectivity index is 2.63. The Morgan fingerprint density at radius 1 is 1.19 bits per heavy atom. The molecule has 0 atom stereocenters. The van der Waals surface area contributed by atoms with Crippen molar-refractivity contribution in [1.29, 1.82) is 0 Å². The molecule has 116 valence electrons. The molecule has 0 unspecified atom stereocenters. The lowest BCUT2D eigenvalue weighted by atomic mass is 9.77. The minimum Gasteiger partial charge on any atom is -0.496 e. The summed E-state index contributed by atoms with van der Waals surface area (Å²) in [6.07, 6.45) is 3.11. The average molecular weight is 294 g/mol. The summed E-state index contributed by atoms with van der Waals surface area (Å²) >= 11 is 0. The van der Waals surface area contributed by atoms with Crippen LogP contribution in [0.25, 0.3) is 0 Å². The molecule has 0 amide bonds. The highest BCUT2D eigenvalue weighted by molar-refractivity contribution is 5.83. The van der Waals surface area contributed by atoms with E-state index in [4.69, 9.17) is 14.2 Å². The van der Waals surface area contributed by atoms with Gasteiger partial charge in [-0.2, -0.15) is 0 Å². The molecule has 1 fully saturated rings. The lowest BCUT2D eigenvalue weighted by Gasteiger charge is -2.28. The van der Waals surface area contributed by atoms with Crippen LogP contribution in [0.5, 0.6) is 11.5 Å². The van der Waals surface area contributed by atoms with Gasteiger partial charge in [0, 0.05) is 12.7 Å². The SMILES string of the molecule is COCc1c(OC)ccc(C2(C(=O)O)CCCC2)c1OC. The first kappa shape index (κ1) is 15.6. The van der Waals surface area contributed by atoms with Crippen LogP contribution >= 0.6 is 0 Å². The Bertz CT molecular complexity index is 518. The van der Waals surface area contributed by atoms with Crippen molar-refractivity contribution in [2.24, 2.45) is 0 Å². The van der Waals surface area contributed by atoms with Crippen LogP contribution in [0.4, 0.5) is 0 Å². The van der Waals surface area contributed by atoms with Crippen molar-refractivity contribution in [3.63, 3.8) is 0 Å². The highest BCUT2D eigenvalue weighted by Gasteiger charge is 2.45. The van der Waals surface area contributed by atoms with Crippen molar-refractivity contribution >= 4 is 5.97 Å². The molecule has 0 aromatic heterocycles. The highest BCUT2D eigenvalue weighted by Crippen LogP contribution is 2.47. The Morgan fingerprint density at radius 2 is 1.86 bits per heavy atom. The lowest BCUT2D eigenvalue weighted by molar-refractivity contribution is -0.143. The number of carboxylic acids is 1. The summed E-state index contributed by atoms with van der Waals surface area (Å²) in [4.78, 5) is 11.9. The molecule has 0 spiro atoms. The van der Waals surface area contributed by atoms with E-state index in [2.05, 4.69) is 0 Å². The first-order chi connectivity index (χ1) is 10.1. The fourth-order valence-electron chi connectivity index (χ4n) is 3.27. The summed E-state index contributed by atoms with van der Waals surface area (Å²) in [7, 11) is 4.73. The second-order valence-electron chi connectivity index (χ2n) is 5.35. The van der Waals surface area contributed by atoms with E-state index in [0.717, 1.165) is 24.0 Å². The Labute approximate surface area is 124 Å². The first-order valence-corrected chi connectivity index (χ1v) is 7.07. The molecule has 0 aliphatic heterocycles. The summed E-state index contributed by atoms with van der Waals surface area (Å²) in [5.74, 6) is 0.434. The van der Waals surface area contributed by atoms with E-state index in [1.165, 1.54) is 0 Å². The number of methoxy groups -OCH3 is 3. The van der Waals surface area contributed by atoms with Gasteiger partial charge in [-0.15, -0.1) is 0 Å². The van der Waals surface area contributed by atoms with Crippen molar-refractivity contribution in [1.82, 2.24) is 0 Å². The van der Waals surface area contributed by atoms with Crippen LogP contribution in [-0.2, 0) is 21.6 Å². The van der Waals surface area contributed by atoms with Crippen LogP contribution in [0.15, 0.2) is 12.1 Å². The van der Waals surface area contributed by atoms with Crippen LogP contribution in [0.3, 0.4) is 0 Å². The number of carbonyl (C=O) groups is 1. The number of hydrogen-bond acceptors (Lipinski definition) is 4. The topological polar surface area (TPSA) is 65.0 Å². The third-order valence-corrected chi connectivity index (χ3v) is 4.31. The number of ether oxygens (including phenoxy) is 3. The molecule has 0 radical (unpaired) electrons. The zero-order valence-electron chi connectivity index (χ0n) is 12.8. The minimum absolute atomic E-state index is 0.315. The summed E-state index contributed by atoms with van der Waals surface area (Å²) in [5.41, 5.74) is 0.621. The Hall–Kier alpha value is -1.75. The Kier molecular flexibility index (Phi) is 4.73. The molecule has 1 aromatic carbocycles. The van der Waals surface area contributed by atoms with Gasteiger partial charge in [0.15, 0.2) is 0 Å². The maximum Gasteiger partial charge on any atom is 0.314 e. The smallest absolute Gasteiger partial charge is 0.314 e. The number of rotatable bonds is 6. The molecule has 2 rings (SSSR count). The zero-order valence-corrected chi connectivity index (χ0v) is 12.8. The van der Waals surface area contributed by atoms with E-state index >= 15 is 0 Å². The average Bonchev–Trinajstić information content (AvgIpc) is 2.97. The van der Waals surface area contributed by atoms with Gasteiger partial charge in [0.25, 0.3) is 0 Å². The fourth-order valence-corrected chi connectivity index (χ4v) is 3.27. The molecular weight excluding hydrogens is 272 g/mol. The minimum atomic E-state index is -0.861. The molecule has 1 aliphatic carbocycles. The van der Waals surface area contributed by atoms with Crippen LogP contribution < -0.4 is 9.47 Å². The number of carboxylic acid groups (broad SMARTS) is 1. The normalized spacial score (nSPS) is 16.7. The summed E-state index contributed by atoms with van der Waals surface area (Å²) in [6.45, 7) is 0.315. The van der Waals surface area contributed by atoms with Crippen molar-refractivity contribution in [2.45, 2.75) is 37.7 Å². The van der Waals surface area contributed by atoms with Gasteiger partial charge in [-0.05, 0) is 18.9 Å². The second-order valence-corrected chi connectivity index (χ2v) is 5.35. The monoisotopic (exact) mass is 294 g/mol. The molecule has 5 heteroatoms. The summed E-state index contributed by atoms with van der Waals surface area (Å²) in [5, 5.41) is 9.77. The first-order valence-electron chi connectivity index (χ1n) is 7.07. The maximum atomic E-state index is 11.9. The fraction of sp³-hybridized carbons (Fsp3) is 0.562. The van der Waals surface area contributed by atoms with Crippen LogP contribution in [0, 0.1) is 0 Å². The summed E-state index contributed by atoms with van der Waals surface area (Å²) < 4.78 is 16.1. The van der Waals surface area contributed by atoms with Crippen molar-refractivity contribution in [3.8, 4) is 11.5 Å². The van der Waals surface area contributed by atoms with Gasteiger partial charge < -0.3 is 19.3 Å². The van der Waals surface area contributed by atoms with Crippen molar-refractivity contribution in [2.75, 3.05) is 21.3 Å². The Morgan fingerprint density at radius 3 is 2.33 bits per heavy atom. The van der Waals surface area contributed by atoms with E-state index in [1.54, 1.807) is 27.4 Å². The van der Waals surface area contributed by atoms with Gasteiger partial charge in [0.05, 0.1) is 31.8 Å². The maximum absolute atomic E-state index is 11.9. The number of hydrogen-bond donors (Lipinski definition) is 1. The van der Waals surface area contributed by atoms with Gasteiger partial charge in [-0.25, -0.2) is 0 Å². The van der Waals surface area contributed by atoms with Crippen LogP contribution in [-0.4, -0.2) is 32.4 Å².